The third kappa shape index (κ3) is 5.09. The zero-order chi connectivity index (χ0) is 18.4. The van der Waals surface area contributed by atoms with E-state index in [-0.39, 0.29) is 5.91 Å². The number of hydrogen-bond donors (Lipinski definition) is 1. The van der Waals surface area contributed by atoms with E-state index in [1.54, 1.807) is 6.92 Å². The van der Waals surface area contributed by atoms with E-state index in [1.165, 1.54) is 37.1 Å². The average molecular weight is 352 g/mol. The number of benzene rings is 2. The molecule has 0 aromatic heterocycles. The number of carbonyl (C=O) groups excluding carboxylic acids is 1. The van der Waals surface area contributed by atoms with Crippen LogP contribution in [0.3, 0.4) is 0 Å². The van der Waals surface area contributed by atoms with Crippen molar-refractivity contribution in [2.45, 2.75) is 45.9 Å². The molecule has 1 saturated heterocycles. The smallest absolute Gasteiger partial charge is 0.261 e. The summed E-state index contributed by atoms with van der Waals surface area (Å²) in [4.78, 5) is 14.9. The highest BCUT2D eigenvalue weighted by atomic mass is 16.5. The predicted octanol–water partition coefficient (Wildman–Crippen LogP) is 3.67. The SMILES string of the molecule is Cc1cccc(O[C@H](C)C(=O)NCc2ccccc2CN2CCCC2)c1. The Labute approximate surface area is 156 Å². The first-order chi connectivity index (χ1) is 12.6. The molecule has 138 valence electrons. The van der Waals surface area contributed by atoms with Crippen molar-refractivity contribution in [2.24, 2.45) is 0 Å². The second-order valence-corrected chi connectivity index (χ2v) is 7.05. The average Bonchev–Trinajstić information content (AvgIpc) is 3.14. The molecule has 0 spiro atoms. The van der Waals surface area contributed by atoms with E-state index in [2.05, 4.69) is 28.4 Å². The van der Waals surface area contributed by atoms with E-state index in [4.69, 9.17) is 4.74 Å². The van der Waals surface area contributed by atoms with Gasteiger partial charge in [0.1, 0.15) is 5.75 Å². The van der Waals surface area contributed by atoms with Gasteiger partial charge in [0.05, 0.1) is 0 Å². The van der Waals surface area contributed by atoms with Crippen LogP contribution in [-0.2, 0) is 17.9 Å². The number of carbonyl (C=O) groups is 1. The van der Waals surface area contributed by atoms with Crippen LogP contribution < -0.4 is 10.1 Å². The van der Waals surface area contributed by atoms with Crippen molar-refractivity contribution < 1.29 is 9.53 Å². The molecule has 1 heterocycles. The van der Waals surface area contributed by atoms with Crippen molar-refractivity contribution in [1.82, 2.24) is 10.2 Å². The first-order valence-electron chi connectivity index (χ1n) is 9.42. The van der Waals surface area contributed by atoms with Crippen molar-refractivity contribution in [3.63, 3.8) is 0 Å². The molecule has 0 aliphatic carbocycles. The molecule has 0 saturated carbocycles. The number of ether oxygens (including phenoxy) is 1. The molecule has 1 fully saturated rings. The number of hydrogen-bond acceptors (Lipinski definition) is 3. The summed E-state index contributed by atoms with van der Waals surface area (Å²) in [7, 11) is 0. The molecule has 0 radical (unpaired) electrons. The van der Waals surface area contributed by atoms with Gasteiger partial charge >= 0.3 is 0 Å². The van der Waals surface area contributed by atoms with Gasteiger partial charge in [-0.1, -0.05) is 36.4 Å². The Morgan fingerprint density at radius 3 is 2.58 bits per heavy atom. The van der Waals surface area contributed by atoms with Crippen molar-refractivity contribution in [3.05, 3.63) is 65.2 Å². The fourth-order valence-corrected chi connectivity index (χ4v) is 3.34. The monoisotopic (exact) mass is 352 g/mol. The second-order valence-electron chi connectivity index (χ2n) is 7.05. The van der Waals surface area contributed by atoms with Crippen LogP contribution in [0.15, 0.2) is 48.5 Å². The Morgan fingerprint density at radius 1 is 1.12 bits per heavy atom. The van der Waals surface area contributed by atoms with Gasteiger partial charge in [-0.15, -0.1) is 0 Å². The number of rotatable bonds is 7. The highest BCUT2D eigenvalue weighted by Crippen LogP contribution is 2.17. The molecule has 4 nitrogen and oxygen atoms in total. The largest absolute Gasteiger partial charge is 0.481 e. The molecule has 4 heteroatoms. The minimum absolute atomic E-state index is 0.0949. The molecular formula is C22H28N2O2. The van der Waals surface area contributed by atoms with Gasteiger partial charge < -0.3 is 10.1 Å². The minimum atomic E-state index is -0.525. The van der Waals surface area contributed by atoms with Crippen LogP contribution in [0, 0.1) is 6.92 Å². The molecule has 26 heavy (non-hydrogen) atoms. The molecule has 1 aliphatic heterocycles. The van der Waals surface area contributed by atoms with E-state index in [0.717, 1.165) is 17.9 Å². The topological polar surface area (TPSA) is 41.6 Å². The van der Waals surface area contributed by atoms with Gasteiger partial charge in [-0.25, -0.2) is 0 Å². The number of amides is 1. The van der Waals surface area contributed by atoms with Crippen LogP contribution in [0.2, 0.25) is 0 Å². The first kappa shape index (κ1) is 18.5. The van der Waals surface area contributed by atoms with Gasteiger partial charge in [-0.3, -0.25) is 9.69 Å². The molecule has 2 aromatic rings. The van der Waals surface area contributed by atoms with Crippen LogP contribution in [-0.4, -0.2) is 30.0 Å². The maximum absolute atomic E-state index is 12.4. The van der Waals surface area contributed by atoms with Crippen molar-refractivity contribution >= 4 is 5.91 Å². The van der Waals surface area contributed by atoms with Crippen LogP contribution in [0.1, 0.15) is 36.5 Å². The summed E-state index contributed by atoms with van der Waals surface area (Å²) in [5.74, 6) is 0.629. The lowest BCUT2D eigenvalue weighted by atomic mass is 10.1. The van der Waals surface area contributed by atoms with Gasteiger partial charge in [0.25, 0.3) is 5.91 Å². The van der Waals surface area contributed by atoms with Crippen molar-refractivity contribution in [3.8, 4) is 5.75 Å². The van der Waals surface area contributed by atoms with Crippen LogP contribution in [0.25, 0.3) is 0 Å². The van der Waals surface area contributed by atoms with E-state index in [1.807, 2.05) is 37.3 Å². The molecule has 1 amide bonds. The standard InChI is InChI=1S/C22H28N2O2/c1-17-8-7-11-21(14-17)26-18(2)22(25)23-15-19-9-3-4-10-20(19)16-24-12-5-6-13-24/h3-4,7-11,14,18H,5-6,12-13,15-16H2,1-2H3,(H,23,25)/t18-/m1/s1. The summed E-state index contributed by atoms with van der Waals surface area (Å²) < 4.78 is 5.76. The number of likely N-dealkylation sites (tertiary alicyclic amines) is 1. The van der Waals surface area contributed by atoms with Gasteiger partial charge in [0, 0.05) is 13.1 Å². The second kappa shape index (κ2) is 8.86. The van der Waals surface area contributed by atoms with E-state index in [0.29, 0.717) is 6.54 Å². The number of nitrogens with zero attached hydrogens (tertiary/aromatic N) is 1. The van der Waals surface area contributed by atoms with Crippen LogP contribution in [0.5, 0.6) is 5.75 Å². The lowest BCUT2D eigenvalue weighted by Gasteiger charge is -2.19. The van der Waals surface area contributed by atoms with Crippen LogP contribution in [0.4, 0.5) is 0 Å². The maximum atomic E-state index is 12.4. The molecule has 2 aromatic carbocycles. The number of nitrogens with one attached hydrogen (secondary N) is 1. The quantitative estimate of drug-likeness (QED) is 0.827. The Kier molecular flexibility index (Phi) is 6.29. The summed E-state index contributed by atoms with van der Waals surface area (Å²) in [5.41, 5.74) is 3.59. The summed E-state index contributed by atoms with van der Waals surface area (Å²) in [5, 5.41) is 3.02. The van der Waals surface area contributed by atoms with Gasteiger partial charge in [-0.05, 0) is 68.6 Å². The predicted molar refractivity (Wildman–Crippen MR) is 104 cm³/mol. The molecule has 0 unspecified atom stereocenters. The highest BCUT2D eigenvalue weighted by molar-refractivity contribution is 5.80. The van der Waals surface area contributed by atoms with E-state index >= 15 is 0 Å². The summed E-state index contributed by atoms with van der Waals surface area (Å²) in [6.07, 6.45) is 2.04. The highest BCUT2D eigenvalue weighted by Gasteiger charge is 2.16. The molecular weight excluding hydrogens is 324 g/mol. The normalized spacial score (nSPS) is 15.6. The third-order valence-corrected chi connectivity index (χ3v) is 4.84. The Morgan fingerprint density at radius 2 is 1.85 bits per heavy atom. The van der Waals surface area contributed by atoms with Crippen LogP contribution >= 0.6 is 0 Å². The van der Waals surface area contributed by atoms with Gasteiger partial charge in [0.2, 0.25) is 0 Å². The van der Waals surface area contributed by atoms with Gasteiger partial charge in [-0.2, -0.15) is 0 Å². The van der Waals surface area contributed by atoms with Gasteiger partial charge in [0.15, 0.2) is 6.10 Å². The van der Waals surface area contributed by atoms with E-state index in [9.17, 15) is 4.79 Å². The molecule has 1 aliphatic rings. The zero-order valence-corrected chi connectivity index (χ0v) is 15.7. The maximum Gasteiger partial charge on any atom is 0.261 e. The number of aryl methyl sites for hydroxylation is 1. The first-order valence-corrected chi connectivity index (χ1v) is 9.42. The third-order valence-electron chi connectivity index (χ3n) is 4.84. The Bertz CT molecular complexity index is 738. The van der Waals surface area contributed by atoms with Crippen molar-refractivity contribution in [2.75, 3.05) is 13.1 Å². The fraction of sp³-hybridized carbons (Fsp3) is 0.409. The fourth-order valence-electron chi connectivity index (χ4n) is 3.34. The molecule has 3 rings (SSSR count). The summed E-state index contributed by atoms with van der Waals surface area (Å²) >= 11 is 0. The summed E-state index contributed by atoms with van der Waals surface area (Å²) in [6.45, 7) is 7.62. The Hall–Kier alpha value is -2.33. The Balaban J connectivity index is 1.55. The zero-order valence-electron chi connectivity index (χ0n) is 15.7. The summed E-state index contributed by atoms with van der Waals surface area (Å²) in [6, 6.07) is 16.1. The molecule has 1 atom stereocenters. The molecule has 1 N–H and O–H groups in total. The van der Waals surface area contributed by atoms with Crippen molar-refractivity contribution in [1.29, 1.82) is 0 Å². The molecule has 0 bridgehead atoms. The van der Waals surface area contributed by atoms with E-state index < -0.39 is 6.10 Å². The minimum Gasteiger partial charge on any atom is -0.481 e. The lowest BCUT2D eigenvalue weighted by molar-refractivity contribution is -0.127. The lowest BCUT2D eigenvalue weighted by Crippen LogP contribution is -2.36.